The average molecular weight is 350 g/mol. The van der Waals surface area contributed by atoms with E-state index >= 15 is 0 Å². The Hall–Kier alpha value is -2.97. The fourth-order valence-electron chi connectivity index (χ4n) is 4.29. The Labute approximate surface area is 156 Å². The van der Waals surface area contributed by atoms with Gasteiger partial charge in [-0.15, -0.1) is 0 Å². The van der Waals surface area contributed by atoms with Gasteiger partial charge in [-0.25, -0.2) is 0 Å². The lowest BCUT2D eigenvalue weighted by molar-refractivity contribution is 0.755. The van der Waals surface area contributed by atoms with Gasteiger partial charge in [0.15, 0.2) is 0 Å². The van der Waals surface area contributed by atoms with Crippen LogP contribution in [0.1, 0.15) is 21.9 Å². The molecule has 4 aromatic rings. The fraction of sp³-hybridized carbons (Fsp3) is 0.0417. The zero-order valence-electron chi connectivity index (χ0n) is 14.4. The third-order valence-corrected chi connectivity index (χ3v) is 6.84. The van der Waals surface area contributed by atoms with E-state index in [-0.39, 0.29) is 14.5 Å². The third kappa shape index (κ3) is 2.12. The summed E-state index contributed by atoms with van der Waals surface area (Å²) in [5.74, 6) is 0. The molecule has 1 aromatic heterocycles. The highest BCUT2D eigenvalue weighted by Crippen LogP contribution is 2.52. The molecule has 3 aromatic carbocycles. The zero-order valence-corrected chi connectivity index (χ0v) is 15.5. The molecule has 0 fully saturated rings. The minimum Gasteiger partial charge on any atom is -0.355 e. The monoisotopic (exact) mass is 349 g/mol. The van der Waals surface area contributed by atoms with Crippen LogP contribution in [0.4, 0.5) is 11.4 Å². The van der Waals surface area contributed by atoms with E-state index in [9.17, 15) is 0 Å². The van der Waals surface area contributed by atoms with Crippen LogP contribution in [-0.4, -0.2) is 9.12 Å². The van der Waals surface area contributed by atoms with Gasteiger partial charge in [0, 0.05) is 20.5 Å². The van der Waals surface area contributed by atoms with Crippen LogP contribution < -0.4 is 5.32 Å². The number of benzene rings is 3. The van der Waals surface area contributed by atoms with Crippen molar-refractivity contribution in [3.8, 4) is 0 Å². The van der Waals surface area contributed by atoms with Gasteiger partial charge in [0.1, 0.15) is 0 Å². The van der Waals surface area contributed by atoms with Gasteiger partial charge >= 0.3 is 0 Å². The molecule has 124 valence electrons. The van der Waals surface area contributed by atoms with Crippen molar-refractivity contribution in [2.45, 2.75) is 5.41 Å². The van der Waals surface area contributed by atoms with Crippen molar-refractivity contribution in [3.05, 3.63) is 125 Å². The Balaban J connectivity index is 1.97. The van der Waals surface area contributed by atoms with E-state index in [1.54, 1.807) is 0 Å². The van der Waals surface area contributed by atoms with Crippen molar-refractivity contribution < 1.29 is 0 Å². The number of rotatable bonds is 2. The first-order valence-electron chi connectivity index (χ1n) is 8.98. The molecule has 2 heterocycles. The summed E-state index contributed by atoms with van der Waals surface area (Å²) >= 11 is 0. The van der Waals surface area contributed by atoms with Crippen LogP contribution in [0.25, 0.3) is 0 Å². The predicted octanol–water partition coefficient (Wildman–Crippen LogP) is 5.20. The van der Waals surface area contributed by atoms with Crippen LogP contribution >= 0.6 is 0 Å². The fourth-order valence-corrected chi connectivity index (χ4v) is 5.79. The predicted molar refractivity (Wildman–Crippen MR) is 111 cm³/mol. The highest BCUT2D eigenvalue weighted by molar-refractivity contribution is 6.34. The molecular weight excluding hydrogens is 330 g/mol. The second-order valence-electron chi connectivity index (χ2n) is 6.70. The van der Waals surface area contributed by atoms with Gasteiger partial charge in [-0.05, 0) is 34.0 Å². The van der Waals surface area contributed by atoms with Crippen molar-refractivity contribution >= 4 is 20.5 Å². The summed E-state index contributed by atoms with van der Waals surface area (Å²) in [5.41, 5.74) is 8.57. The third-order valence-electron chi connectivity index (χ3n) is 5.35. The molecule has 0 radical (unpaired) electrons. The van der Waals surface area contributed by atoms with Gasteiger partial charge in [-0.1, -0.05) is 90.6 Å². The SMILES string of the molecule is c1ccc(C2(c3ccccc3)c3ccccc3Nc3ccc[siH]c32)cc1. The topological polar surface area (TPSA) is 12.0 Å². The molecule has 0 saturated heterocycles. The maximum Gasteiger partial charge on any atom is 0.0699 e. The molecule has 1 aliphatic rings. The van der Waals surface area contributed by atoms with Gasteiger partial charge in [-0.2, -0.15) is 0 Å². The molecule has 1 N–H and O–H groups in total. The smallest absolute Gasteiger partial charge is 0.0699 e. The Morgan fingerprint density at radius 2 is 1.15 bits per heavy atom. The van der Waals surface area contributed by atoms with Crippen molar-refractivity contribution in [2.24, 2.45) is 0 Å². The number of hydrogen-bond donors (Lipinski definition) is 1. The van der Waals surface area contributed by atoms with E-state index < -0.39 is 0 Å². The minimum atomic E-state index is -0.240. The lowest BCUT2D eigenvalue weighted by atomic mass is 9.66. The molecule has 0 spiro atoms. The second-order valence-corrected chi connectivity index (χ2v) is 7.99. The van der Waals surface area contributed by atoms with Gasteiger partial charge in [0.2, 0.25) is 0 Å². The lowest BCUT2D eigenvalue weighted by Crippen LogP contribution is -2.36. The number of nitrogens with one attached hydrogen (secondary N) is 1. The molecule has 0 aliphatic carbocycles. The van der Waals surface area contributed by atoms with Crippen molar-refractivity contribution in [2.75, 3.05) is 5.32 Å². The van der Waals surface area contributed by atoms with Crippen LogP contribution in [0, 0.1) is 0 Å². The van der Waals surface area contributed by atoms with Crippen LogP contribution in [0.15, 0.2) is 103 Å². The van der Waals surface area contributed by atoms with Crippen molar-refractivity contribution in [1.82, 2.24) is 0 Å². The van der Waals surface area contributed by atoms with Gasteiger partial charge < -0.3 is 5.32 Å². The number of para-hydroxylation sites is 1. The Morgan fingerprint density at radius 1 is 0.577 bits per heavy atom. The molecule has 0 saturated carbocycles. The lowest BCUT2D eigenvalue weighted by Gasteiger charge is -2.42. The molecule has 1 nitrogen and oxygen atoms in total. The van der Waals surface area contributed by atoms with Crippen LogP contribution in [0.2, 0.25) is 0 Å². The van der Waals surface area contributed by atoms with Crippen molar-refractivity contribution in [3.63, 3.8) is 0 Å². The molecule has 0 unspecified atom stereocenters. The molecule has 5 rings (SSSR count). The van der Waals surface area contributed by atoms with Gasteiger partial charge in [-0.3, -0.25) is 0 Å². The molecule has 0 bridgehead atoms. The first-order valence-corrected chi connectivity index (χ1v) is 10.2. The summed E-state index contributed by atoms with van der Waals surface area (Å²) in [6, 6.07) is 35.1. The quantitative estimate of drug-likeness (QED) is 0.432. The van der Waals surface area contributed by atoms with Crippen LogP contribution in [-0.2, 0) is 5.41 Å². The summed E-state index contributed by atoms with van der Waals surface area (Å²) in [6.45, 7) is 0. The van der Waals surface area contributed by atoms with Crippen LogP contribution in [0.5, 0.6) is 0 Å². The van der Waals surface area contributed by atoms with Gasteiger partial charge in [0.25, 0.3) is 0 Å². The van der Waals surface area contributed by atoms with E-state index in [1.807, 2.05) is 0 Å². The largest absolute Gasteiger partial charge is 0.355 e. The first-order chi connectivity index (χ1) is 12.9. The number of hydrogen-bond acceptors (Lipinski definition) is 1. The first kappa shape index (κ1) is 15.3. The van der Waals surface area contributed by atoms with E-state index in [4.69, 9.17) is 0 Å². The maximum absolute atomic E-state index is 3.69. The second kappa shape index (κ2) is 6.08. The standard InChI is InChI=1S/C24H19NSi/c1-3-10-18(11-4-1)24(19-12-5-2-6-13-19)20-14-7-8-15-21(20)25-22-16-9-17-26-23(22)24/h1-17,25-26H. The van der Waals surface area contributed by atoms with Crippen LogP contribution in [0.3, 0.4) is 0 Å². The zero-order chi connectivity index (χ0) is 17.4. The van der Waals surface area contributed by atoms with E-state index in [0.717, 1.165) is 0 Å². The molecule has 1 aliphatic heterocycles. The summed E-state index contributed by atoms with van der Waals surface area (Å²) in [5, 5.41) is 5.18. The number of fused-ring (bicyclic) bond motifs is 2. The Kier molecular flexibility index (Phi) is 3.58. The Bertz CT molecular complexity index is 971. The van der Waals surface area contributed by atoms with E-state index in [2.05, 4.69) is 108 Å². The highest BCUT2D eigenvalue weighted by Gasteiger charge is 2.43. The van der Waals surface area contributed by atoms with Crippen molar-refractivity contribution in [1.29, 1.82) is 0 Å². The normalized spacial score (nSPS) is 14.0. The number of anilines is 2. The molecule has 0 amide bonds. The van der Waals surface area contributed by atoms with E-state index in [1.165, 1.54) is 33.2 Å². The summed E-state index contributed by atoms with van der Waals surface area (Å²) < 4.78 is 0. The van der Waals surface area contributed by atoms with E-state index in [0.29, 0.717) is 0 Å². The molecule has 0 atom stereocenters. The summed E-state index contributed by atoms with van der Waals surface area (Å²) in [4.78, 5) is 0. The maximum atomic E-state index is 3.69. The summed E-state index contributed by atoms with van der Waals surface area (Å²) in [6.07, 6.45) is 0. The van der Waals surface area contributed by atoms with Gasteiger partial charge in [0.05, 0.1) is 5.41 Å². The highest BCUT2D eigenvalue weighted by atomic mass is 28.2. The molecule has 26 heavy (non-hydrogen) atoms. The molecular formula is C24H19NSi. The summed E-state index contributed by atoms with van der Waals surface area (Å²) in [7, 11) is 0.0702. The molecule has 2 heteroatoms. The Morgan fingerprint density at radius 3 is 1.85 bits per heavy atom. The average Bonchev–Trinajstić information content (AvgIpc) is 2.73. The minimum absolute atomic E-state index is 0.0702.